The summed E-state index contributed by atoms with van der Waals surface area (Å²) in [5, 5.41) is 0. The number of piperidine rings is 1. The van der Waals surface area contributed by atoms with Crippen molar-refractivity contribution in [2.24, 2.45) is 0 Å². The number of hydrogen-bond donors (Lipinski definition) is 0. The maximum absolute atomic E-state index is 12.3. The van der Waals surface area contributed by atoms with Gasteiger partial charge in [0.05, 0.1) is 19.8 Å². The van der Waals surface area contributed by atoms with Crippen LogP contribution in [0.1, 0.15) is 39.3 Å². The van der Waals surface area contributed by atoms with E-state index >= 15 is 0 Å². The Hall–Kier alpha value is -2.09. The predicted molar refractivity (Wildman–Crippen MR) is 101 cm³/mol. The van der Waals surface area contributed by atoms with Crippen molar-refractivity contribution < 1.29 is 19.0 Å². The Labute approximate surface area is 160 Å². The van der Waals surface area contributed by atoms with E-state index < -0.39 is 5.60 Å². The molecule has 1 aromatic rings. The molecule has 1 aromatic heterocycles. The molecular weight excluding hydrogens is 348 g/mol. The van der Waals surface area contributed by atoms with Gasteiger partial charge in [-0.15, -0.1) is 0 Å². The van der Waals surface area contributed by atoms with Crippen LogP contribution in [-0.2, 0) is 9.47 Å². The molecule has 2 fully saturated rings. The summed E-state index contributed by atoms with van der Waals surface area (Å²) in [5.41, 5.74) is 0.364. The fourth-order valence-corrected chi connectivity index (χ4v) is 3.19. The van der Waals surface area contributed by atoms with E-state index in [9.17, 15) is 4.79 Å². The van der Waals surface area contributed by atoms with Crippen molar-refractivity contribution in [2.45, 2.75) is 52.2 Å². The van der Waals surface area contributed by atoms with Crippen molar-refractivity contribution in [2.75, 3.05) is 44.3 Å². The monoisotopic (exact) mass is 378 g/mol. The molecule has 3 heterocycles. The van der Waals surface area contributed by atoms with Gasteiger partial charge in [-0.3, -0.25) is 0 Å². The molecule has 0 aliphatic carbocycles. The van der Waals surface area contributed by atoms with Gasteiger partial charge in [0.15, 0.2) is 0 Å². The fraction of sp³-hybridized carbons (Fsp3) is 0.737. The molecule has 0 aromatic carbocycles. The molecule has 1 amide bonds. The maximum Gasteiger partial charge on any atom is 0.410 e. The highest BCUT2D eigenvalue weighted by atomic mass is 16.6. The Bertz CT molecular complexity index is 656. The third-order valence-corrected chi connectivity index (χ3v) is 4.43. The first kappa shape index (κ1) is 19.7. The number of rotatable bonds is 3. The average Bonchev–Trinajstić information content (AvgIpc) is 2.61. The van der Waals surface area contributed by atoms with E-state index in [4.69, 9.17) is 14.2 Å². The molecule has 2 saturated heterocycles. The van der Waals surface area contributed by atoms with E-state index in [1.165, 1.54) is 0 Å². The second-order valence-electron chi connectivity index (χ2n) is 8.06. The Balaban J connectivity index is 1.64. The number of morpholine rings is 1. The number of likely N-dealkylation sites (tertiary alicyclic amines) is 1. The third kappa shape index (κ3) is 5.69. The van der Waals surface area contributed by atoms with Gasteiger partial charge in [0, 0.05) is 31.4 Å². The minimum absolute atomic E-state index is 0.0990. The minimum Gasteiger partial charge on any atom is -0.472 e. The highest BCUT2D eigenvalue weighted by Crippen LogP contribution is 2.22. The molecule has 8 heteroatoms. The van der Waals surface area contributed by atoms with Gasteiger partial charge in [-0.25, -0.2) is 9.78 Å². The van der Waals surface area contributed by atoms with Crippen LogP contribution in [0.3, 0.4) is 0 Å². The highest BCUT2D eigenvalue weighted by Gasteiger charge is 2.29. The van der Waals surface area contributed by atoms with E-state index in [1.807, 2.05) is 33.8 Å². The number of nitrogens with zero attached hydrogens (tertiary/aromatic N) is 4. The van der Waals surface area contributed by atoms with Crippen LogP contribution in [0.2, 0.25) is 0 Å². The third-order valence-electron chi connectivity index (χ3n) is 4.43. The number of anilines is 1. The van der Waals surface area contributed by atoms with Crippen molar-refractivity contribution in [3.8, 4) is 5.88 Å². The highest BCUT2D eigenvalue weighted by molar-refractivity contribution is 5.68. The van der Waals surface area contributed by atoms with Crippen LogP contribution >= 0.6 is 0 Å². The maximum atomic E-state index is 12.3. The fourth-order valence-electron chi connectivity index (χ4n) is 3.19. The number of aryl methyl sites for hydroxylation is 1. The van der Waals surface area contributed by atoms with Gasteiger partial charge >= 0.3 is 6.09 Å². The van der Waals surface area contributed by atoms with Crippen molar-refractivity contribution in [1.29, 1.82) is 0 Å². The molecule has 3 rings (SSSR count). The number of aromatic nitrogens is 2. The molecular formula is C19H30N4O4. The topological polar surface area (TPSA) is 77.0 Å². The molecule has 0 N–H and O–H groups in total. The summed E-state index contributed by atoms with van der Waals surface area (Å²) in [6, 6.07) is 1.84. The number of hydrogen-bond acceptors (Lipinski definition) is 7. The molecule has 150 valence electrons. The van der Waals surface area contributed by atoms with E-state index in [0.29, 0.717) is 38.1 Å². The molecule has 2 aliphatic heterocycles. The number of amides is 1. The number of ether oxygens (including phenoxy) is 3. The zero-order valence-corrected chi connectivity index (χ0v) is 16.7. The van der Waals surface area contributed by atoms with Crippen molar-refractivity contribution in [3.63, 3.8) is 0 Å². The molecule has 27 heavy (non-hydrogen) atoms. The zero-order valence-electron chi connectivity index (χ0n) is 16.7. The van der Waals surface area contributed by atoms with Crippen LogP contribution in [-0.4, -0.2) is 72.1 Å². The van der Waals surface area contributed by atoms with Crippen molar-refractivity contribution in [1.82, 2.24) is 14.9 Å². The minimum atomic E-state index is -0.498. The zero-order chi connectivity index (χ0) is 19.4. The van der Waals surface area contributed by atoms with E-state index in [2.05, 4.69) is 14.9 Å². The lowest BCUT2D eigenvalue weighted by Crippen LogP contribution is -2.46. The lowest BCUT2D eigenvalue weighted by atomic mass is 10.1. The number of carbonyl (C=O) groups is 1. The summed E-state index contributed by atoms with van der Waals surface area (Å²) in [5.74, 6) is 1.23. The molecule has 8 nitrogen and oxygen atoms in total. The summed E-state index contributed by atoms with van der Waals surface area (Å²) in [7, 11) is 0. The van der Waals surface area contributed by atoms with E-state index in [0.717, 1.165) is 31.6 Å². The largest absolute Gasteiger partial charge is 0.472 e. The van der Waals surface area contributed by atoms with Crippen LogP contribution in [0, 0.1) is 6.92 Å². The van der Waals surface area contributed by atoms with Gasteiger partial charge in [0.2, 0.25) is 11.8 Å². The van der Waals surface area contributed by atoms with Crippen LogP contribution in [0.4, 0.5) is 10.7 Å². The van der Waals surface area contributed by atoms with Gasteiger partial charge in [-0.1, -0.05) is 0 Å². The summed E-state index contributed by atoms with van der Waals surface area (Å²) in [4.78, 5) is 25.3. The second kappa shape index (κ2) is 8.29. The predicted octanol–water partition coefficient (Wildman–Crippen LogP) is 2.40. The standard InChI is InChI=1S/C19H30N4O4/c1-14-12-16(21-17(20-14)22-8-10-25-11-9-22)26-15-6-5-7-23(13-15)18(24)27-19(2,3)4/h12,15H,5-11,13H2,1-4H3. The summed E-state index contributed by atoms with van der Waals surface area (Å²) >= 11 is 0. The quantitative estimate of drug-likeness (QED) is 0.799. The SMILES string of the molecule is Cc1cc(OC2CCCN(C(=O)OC(C)(C)C)C2)nc(N2CCOCC2)n1. The van der Waals surface area contributed by atoms with Gasteiger partial charge in [0.1, 0.15) is 11.7 Å². The van der Waals surface area contributed by atoms with E-state index in [-0.39, 0.29) is 12.2 Å². The molecule has 0 radical (unpaired) electrons. The van der Waals surface area contributed by atoms with Crippen molar-refractivity contribution in [3.05, 3.63) is 11.8 Å². The first-order valence-electron chi connectivity index (χ1n) is 9.63. The molecule has 2 aliphatic rings. The van der Waals surface area contributed by atoms with Crippen molar-refractivity contribution >= 4 is 12.0 Å². The summed E-state index contributed by atoms with van der Waals surface area (Å²) in [6.07, 6.45) is 1.38. The van der Waals surface area contributed by atoms with Crippen LogP contribution in [0.25, 0.3) is 0 Å². The Morgan fingerprint density at radius 1 is 1.22 bits per heavy atom. The lowest BCUT2D eigenvalue weighted by Gasteiger charge is -2.34. The second-order valence-corrected chi connectivity index (χ2v) is 8.06. The van der Waals surface area contributed by atoms with Crippen LogP contribution in [0.5, 0.6) is 5.88 Å². The van der Waals surface area contributed by atoms with Gasteiger partial charge in [0.25, 0.3) is 0 Å². The summed E-state index contributed by atoms with van der Waals surface area (Å²) in [6.45, 7) is 11.7. The van der Waals surface area contributed by atoms with Crippen LogP contribution < -0.4 is 9.64 Å². The molecule has 0 saturated carbocycles. The Kier molecular flexibility index (Phi) is 6.04. The summed E-state index contributed by atoms with van der Waals surface area (Å²) < 4.78 is 17.0. The first-order valence-corrected chi connectivity index (χ1v) is 9.63. The molecule has 0 spiro atoms. The smallest absolute Gasteiger partial charge is 0.410 e. The molecule has 1 atom stereocenters. The first-order chi connectivity index (χ1) is 12.8. The van der Waals surface area contributed by atoms with Crippen LogP contribution in [0.15, 0.2) is 6.07 Å². The van der Waals surface area contributed by atoms with Gasteiger partial charge < -0.3 is 24.0 Å². The van der Waals surface area contributed by atoms with E-state index in [1.54, 1.807) is 4.90 Å². The number of carbonyl (C=O) groups excluding carboxylic acids is 1. The molecule has 0 bridgehead atoms. The lowest BCUT2D eigenvalue weighted by molar-refractivity contribution is 0.00720. The Morgan fingerprint density at radius 2 is 1.96 bits per heavy atom. The molecule has 1 unspecified atom stereocenters. The van der Waals surface area contributed by atoms with Gasteiger partial charge in [-0.05, 0) is 40.5 Å². The van der Waals surface area contributed by atoms with Gasteiger partial charge in [-0.2, -0.15) is 4.98 Å². The average molecular weight is 378 g/mol. The normalized spacial score (nSPS) is 21.1. The Morgan fingerprint density at radius 3 is 2.67 bits per heavy atom.